The van der Waals surface area contributed by atoms with Gasteiger partial charge in [-0.3, -0.25) is 9.59 Å². The van der Waals surface area contributed by atoms with Crippen LogP contribution in [0, 0.1) is 0 Å². The predicted molar refractivity (Wildman–Crippen MR) is 145 cm³/mol. The van der Waals surface area contributed by atoms with E-state index in [9.17, 15) is 9.59 Å². The number of anilines is 2. The first-order valence-electron chi connectivity index (χ1n) is 11.8. The largest absolute Gasteiger partial charge is 0.486 e. The Bertz CT molecular complexity index is 1410. The van der Waals surface area contributed by atoms with E-state index in [4.69, 9.17) is 14.7 Å². The zero-order chi connectivity index (χ0) is 24.9. The quantitative estimate of drug-likeness (QED) is 0.225. The topological polar surface area (TPSA) is 93.2 Å². The molecule has 0 saturated heterocycles. The molecule has 0 bridgehead atoms. The molecule has 0 radical (unpaired) electrons. The van der Waals surface area contributed by atoms with Gasteiger partial charge < -0.3 is 15.4 Å². The number of thiophene rings is 1. The van der Waals surface area contributed by atoms with E-state index in [1.807, 2.05) is 30.3 Å². The van der Waals surface area contributed by atoms with Crippen molar-refractivity contribution in [1.29, 1.82) is 0 Å². The average Bonchev–Trinajstić information content (AvgIpc) is 3.25. The van der Waals surface area contributed by atoms with Crippen molar-refractivity contribution in [3.05, 3.63) is 70.9 Å². The van der Waals surface area contributed by atoms with Crippen molar-refractivity contribution >= 4 is 56.5 Å². The Morgan fingerprint density at radius 3 is 2.58 bits per heavy atom. The molecule has 0 fully saturated rings. The van der Waals surface area contributed by atoms with E-state index in [-0.39, 0.29) is 24.2 Å². The van der Waals surface area contributed by atoms with E-state index in [0.29, 0.717) is 17.2 Å². The van der Waals surface area contributed by atoms with E-state index in [2.05, 4.69) is 10.6 Å². The Morgan fingerprint density at radius 2 is 1.78 bits per heavy atom. The van der Waals surface area contributed by atoms with Crippen molar-refractivity contribution in [3.8, 4) is 5.75 Å². The molecule has 0 aliphatic heterocycles. The van der Waals surface area contributed by atoms with Crippen molar-refractivity contribution in [3.63, 3.8) is 0 Å². The Kier molecular flexibility index (Phi) is 7.48. The summed E-state index contributed by atoms with van der Waals surface area (Å²) in [5.41, 5.74) is 2.60. The van der Waals surface area contributed by atoms with Gasteiger partial charge in [0.15, 0.2) is 5.82 Å². The second-order valence-corrected chi connectivity index (χ2v) is 10.6. The first-order chi connectivity index (χ1) is 17.5. The maximum atomic E-state index is 12.8. The van der Waals surface area contributed by atoms with Crippen molar-refractivity contribution in [2.45, 2.75) is 44.2 Å². The molecular formula is C27H26N4O3S2. The lowest BCUT2D eigenvalue weighted by Gasteiger charge is -2.12. The van der Waals surface area contributed by atoms with E-state index >= 15 is 0 Å². The first-order valence-corrected chi connectivity index (χ1v) is 13.6. The van der Waals surface area contributed by atoms with Crippen LogP contribution in [-0.2, 0) is 29.0 Å². The maximum absolute atomic E-state index is 12.8. The minimum atomic E-state index is -0.159. The number of ether oxygens (including phenoxy) is 1. The fourth-order valence-electron chi connectivity index (χ4n) is 4.21. The first kappa shape index (κ1) is 24.3. The molecule has 0 spiro atoms. The normalized spacial score (nSPS) is 12.7. The van der Waals surface area contributed by atoms with Crippen LogP contribution in [0.5, 0.6) is 5.75 Å². The molecule has 1 aliphatic carbocycles. The third-order valence-corrected chi connectivity index (χ3v) is 7.91. The van der Waals surface area contributed by atoms with Gasteiger partial charge in [0, 0.05) is 28.6 Å². The Balaban J connectivity index is 1.34. The van der Waals surface area contributed by atoms with Crippen LogP contribution >= 0.6 is 23.1 Å². The number of aryl methyl sites for hydroxylation is 2. The number of nitrogens with one attached hydrogen (secondary N) is 2. The van der Waals surface area contributed by atoms with Crippen molar-refractivity contribution in [2.75, 3.05) is 16.4 Å². The molecule has 7 nitrogen and oxygen atoms in total. The minimum absolute atomic E-state index is 0.141. The molecule has 0 unspecified atom stereocenters. The van der Waals surface area contributed by atoms with E-state index in [1.165, 1.54) is 35.5 Å². The zero-order valence-corrected chi connectivity index (χ0v) is 21.5. The van der Waals surface area contributed by atoms with Crippen molar-refractivity contribution < 1.29 is 14.3 Å². The number of benzene rings is 2. The summed E-state index contributed by atoms with van der Waals surface area (Å²) in [6, 6.07) is 16.7. The van der Waals surface area contributed by atoms with Gasteiger partial charge in [-0.15, -0.1) is 11.3 Å². The molecule has 2 N–H and O–H groups in total. The van der Waals surface area contributed by atoms with Crippen LogP contribution < -0.4 is 15.4 Å². The lowest BCUT2D eigenvalue weighted by molar-refractivity contribution is -0.114. The molecule has 0 atom stereocenters. The molecule has 4 aromatic rings. The van der Waals surface area contributed by atoms with Crippen molar-refractivity contribution in [2.24, 2.45) is 0 Å². The highest BCUT2D eigenvalue weighted by atomic mass is 32.2. The van der Waals surface area contributed by atoms with Crippen LogP contribution in [0.25, 0.3) is 10.2 Å². The standard InChI is InChI=1S/C27H26N4O3S2/c1-17(32)28-18-8-7-9-19(14-18)29-24(33)16-35-26-25-21-12-5-6-13-22(21)36-27(25)31-23(30-26)15-34-20-10-3-2-4-11-20/h2-4,7-11,14H,5-6,12-13,15-16H2,1H3,(H,28,32)(H,29,33). The van der Waals surface area contributed by atoms with Crippen molar-refractivity contribution in [1.82, 2.24) is 9.97 Å². The molecule has 0 saturated carbocycles. The lowest BCUT2D eigenvalue weighted by atomic mass is 9.97. The summed E-state index contributed by atoms with van der Waals surface area (Å²) in [5, 5.41) is 7.56. The van der Waals surface area contributed by atoms with Crippen LogP contribution in [-0.4, -0.2) is 27.5 Å². The van der Waals surface area contributed by atoms with Gasteiger partial charge in [-0.2, -0.15) is 0 Å². The van der Waals surface area contributed by atoms with Gasteiger partial charge in [-0.1, -0.05) is 36.0 Å². The van der Waals surface area contributed by atoms with Gasteiger partial charge in [0.05, 0.1) is 5.75 Å². The summed E-state index contributed by atoms with van der Waals surface area (Å²) in [5.74, 6) is 1.28. The number of nitrogens with zero attached hydrogens (tertiary/aromatic N) is 2. The summed E-state index contributed by atoms with van der Waals surface area (Å²) in [6.07, 6.45) is 4.45. The van der Waals surface area contributed by atoms with Gasteiger partial charge >= 0.3 is 0 Å². The Morgan fingerprint density at radius 1 is 1.00 bits per heavy atom. The highest BCUT2D eigenvalue weighted by Crippen LogP contribution is 2.39. The lowest BCUT2D eigenvalue weighted by Crippen LogP contribution is -2.15. The number of hydrogen-bond acceptors (Lipinski definition) is 7. The molecule has 2 aromatic carbocycles. The number of aromatic nitrogens is 2. The molecule has 9 heteroatoms. The Hall–Kier alpha value is -3.43. The number of hydrogen-bond donors (Lipinski definition) is 2. The van der Waals surface area contributed by atoms with Gasteiger partial charge in [0.2, 0.25) is 11.8 Å². The summed E-state index contributed by atoms with van der Waals surface area (Å²) in [6.45, 7) is 1.71. The van der Waals surface area contributed by atoms with Crippen LogP contribution in [0.3, 0.4) is 0 Å². The van der Waals surface area contributed by atoms with Gasteiger partial charge in [-0.05, 0) is 61.6 Å². The smallest absolute Gasteiger partial charge is 0.234 e. The molecule has 2 aromatic heterocycles. The molecule has 2 amide bonds. The Labute approximate surface area is 217 Å². The minimum Gasteiger partial charge on any atom is -0.486 e. The van der Waals surface area contributed by atoms with Gasteiger partial charge in [0.25, 0.3) is 0 Å². The van der Waals surface area contributed by atoms with Crippen LogP contribution in [0.2, 0.25) is 0 Å². The van der Waals surface area contributed by atoms with Gasteiger partial charge in [-0.25, -0.2) is 9.97 Å². The van der Waals surface area contributed by atoms with Crippen LogP contribution in [0.1, 0.15) is 36.0 Å². The zero-order valence-electron chi connectivity index (χ0n) is 19.9. The SMILES string of the molecule is CC(=O)Nc1cccc(NC(=O)CSc2nc(COc3ccccc3)nc3sc4c(c23)CCCC4)c1. The third-order valence-electron chi connectivity index (χ3n) is 5.75. The second-order valence-electron chi connectivity index (χ2n) is 8.54. The molecule has 5 rings (SSSR count). The maximum Gasteiger partial charge on any atom is 0.234 e. The monoisotopic (exact) mass is 518 g/mol. The highest BCUT2D eigenvalue weighted by molar-refractivity contribution is 8.00. The summed E-state index contributed by atoms with van der Waals surface area (Å²) in [7, 11) is 0. The third kappa shape index (κ3) is 5.85. The molecule has 2 heterocycles. The summed E-state index contributed by atoms with van der Waals surface area (Å²) >= 11 is 3.16. The summed E-state index contributed by atoms with van der Waals surface area (Å²) in [4.78, 5) is 36.1. The molecule has 36 heavy (non-hydrogen) atoms. The number of para-hydroxylation sites is 1. The van der Waals surface area contributed by atoms with E-state index in [1.54, 1.807) is 35.6 Å². The molecule has 184 valence electrons. The number of carbonyl (C=O) groups is 2. The fraction of sp³-hybridized carbons (Fsp3) is 0.259. The number of rotatable bonds is 8. The van der Waals surface area contributed by atoms with Crippen LogP contribution in [0.4, 0.5) is 11.4 Å². The number of carbonyl (C=O) groups excluding carboxylic acids is 2. The predicted octanol–water partition coefficient (Wildman–Crippen LogP) is 5.84. The number of amides is 2. The fourth-order valence-corrected chi connectivity index (χ4v) is 6.43. The number of thioether (sulfide) groups is 1. The second kappa shape index (κ2) is 11.1. The molecule has 1 aliphatic rings. The van der Waals surface area contributed by atoms with E-state index < -0.39 is 0 Å². The molecular weight excluding hydrogens is 492 g/mol. The van der Waals surface area contributed by atoms with E-state index in [0.717, 1.165) is 40.3 Å². The van der Waals surface area contributed by atoms with Crippen LogP contribution in [0.15, 0.2) is 59.6 Å². The average molecular weight is 519 g/mol. The number of fused-ring (bicyclic) bond motifs is 3. The highest BCUT2D eigenvalue weighted by Gasteiger charge is 2.22. The summed E-state index contributed by atoms with van der Waals surface area (Å²) < 4.78 is 5.90. The van der Waals surface area contributed by atoms with Gasteiger partial charge in [0.1, 0.15) is 22.2 Å².